The van der Waals surface area contributed by atoms with Crippen molar-refractivity contribution in [3.63, 3.8) is 0 Å². The van der Waals surface area contributed by atoms with Crippen molar-refractivity contribution in [2.24, 2.45) is 11.7 Å². The minimum absolute atomic E-state index is 0.0272. The molecule has 3 heteroatoms. The molecule has 0 aromatic heterocycles. The van der Waals surface area contributed by atoms with Crippen LogP contribution in [-0.2, 0) is 9.53 Å². The Morgan fingerprint density at radius 1 is 1.20 bits per heavy atom. The number of benzene rings is 1. The first-order chi connectivity index (χ1) is 9.47. The smallest absolute Gasteiger partial charge is 0.305 e. The van der Waals surface area contributed by atoms with E-state index in [0.29, 0.717) is 12.3 Å². The summed E-state index contributed by atoms with van der Waals surface area (Å²) in [5.74, 6) is 0.641. The van der Waals surface area contributed by atoms with E-state index >= 15 is 0 Å². The fraction of sp³-hybridized carbons (Fsp3) is 0.588. The molecule has 0 heterocycles. The van der Waals surface area contributed by atoms with Crippen molar-refractivity contribution in [2.75, 3.05) is 7.11 Å². The molecule has 0 aliphatic heterocycles. The van der Waals surface area contributed by atoms with Gasteiger partial charge in [-0.05, 0) is 35.8 Å². The van der Waals surface area contributed by atoms with Crippen LogP contribution in [0.2, 0.25) is 0 Å². The normalized spacial score (nSPS) is 15.4. The largest absolute Gasteiger partial charge is 0.469 e. The number of hydrogen-bond donors (Lipinski definition) is 1. The van der Waals surface area contributed by atoms with E-state index in [4.69, 9.17) is 5.73 Å². The Hall–Kier alpha value is -1.35. The second-order valence-corrected chi connectivity index (χ2v) is 5.70. The van der Waals surface area contributed by atoms with Crippen LogP contribution in [0.3, 0.4) is 0 Å². The molecule has 0 saturated heterocycles. The summed E-state index contributed by atoms with van der Waals surface area (Å²) >= 11 is 0. The van der Waals surface area contributed by atoms with Crippen molar-refractivity contribution in [3.8, 4) is 0 Å². The molecule has 0 aliphatic carbocycles. The fourth-order valence-corrected chi connectivity index (χ4v) is 2.33. The lowest BCUT2D eigenvalue weighted by Crippen LogP contribution is -2.16. The van der Waals surface area contributed by atoms with Crippen molar-refractivity contribution < 1.29 is 9.53 Å². The van der Waals surface area contributed by atoms with Gasteiger partial charge < -0.3 is 10.5 Å². The van der Waals surface area contributed by atoms with Crippen LogP contribution in [0.25, 0.3) is 0 Å². The van der Waals surface area contributed by atoms with Gasteiger partial charge in [0, 0.05) is 12.5 Å². The van der Waals surface area contributed by atoms with Crippen molar-refractivity contribution in [1.29, 1.82) is 0 Å². The molecule has 3 nitrogen and oxygen atoms in total. The van der Waals surface area contributed by atoms with Gasteiger partial charge in [0.15, 0.2) is 0 Å². The zero-order chi connectivity index (χ0) is 15.1. The molecular weight excluding hydrogens is 250 g/mol. The summed E-state index contributed by atoms with van der Waals surface area (Å²) < 4.78 is 4.68. The Balaban J connectivity index is 2.59. The molecule has 2 N–H and O–H groups in total. The van der Waals surface area contributed by atoms with Crippen molar-refractivity contribution in [3.05, 3.63) is 35.4 Å². The molecule has 20 heavy (non-hydrogen) atoms. The number of hydrogen-bond acceptors (Lipinski definition) is 3. The number of nitrogens with two attached hydrogens (primary N) is 1. The minimum atomic E-state index is -0.170. The molecule has 0 spiro atoms. The van der Waals surface area contributed by atoms with Crippen LogP contribution in [0.5, 0.6) is 0 Å². The molecule has 0 saturated carbocycles. The van der Waals surface area contributed by atoms with Crippen LogP contribution < -0.4 is 5.73 Å². The summed E-state index contributed by atoms with van der Waals surface area (Å²) in [4.78, 5) is 11.2. The van der Waals surface area contributed by atoms with E-state index in [9.17, 15) is 4.79 Å². The maximum absolute atomic E-state index is 11.2. The summed E-state index contributed by atoms with van der Waals surface area (Å²) in [6.45, 7) is 6.45. The lowest BCUT2D eigenvalue weighted by Gasteiger charge is -2.18. The Kier molecular flexibility index (Phi) is 6.73. The topological polar surface area (TPSA) is 52.3 Å². The van der Waals surface area contributed by atoms with E-state index in [2.05, 4.69) is 42.8 Å². The maximum Gasteiger partial charge on any atom is 0.305 e. The molecule has 3 atom stereocenters. The minimum Gasteiger partial charge on any atom is -0.469 e. The number of rotatable bonds is 7. The Morgan fingerprint density at radius 3 is 2.25 bits per heavy atom. The average molecular weight is 277 g/mol. The molecular formula is C17H27NO2. The standard InChI is InChI=1S/C17H27NO2/c1-5-13(3)14-6-8-15(9-7-14)16(18)10-12(2)11-17(19)20-4/h6-9,12-13,16H,5,10-11,18H2,1-4H3. The third-order valence-electron chi connectivity index (χ3n) is 3.95. The van der Waals surface area contributed by atoms with Crippen molar-refractivity contribution >= 4 is 5.97 Å². The van der Waals surface area contributed by atoms with Gasteiger partial charge in [0.2, 0.25) is 0 Å². The predicted molar refractivity (Wildman–Crippen MR) is 82.5 cm³/mol. The summed E-state index contributed by atoms with van der Waals surface area (Å²) in [5, 5.41) is 0. The van der Waals surface area contributed by atoms with Crippen LogP contribution in [0.4, 0.5) is 0 Å². The molecule has 0 amide bonds. The van der Waals surface area contributed by atoms with Crippen LogP contribution in [0.15, 0.2) is 24.3 Å². The predicted octanol–water partition coefficient (Wildman–Crippen LogP) is 3.79. The molecule has 3 unspecified atom stereocenters. The van der Waals surface area contributed by atoms with E-state index in [1.165, 1.54) is 12.7 Å². The first kappa shape index (κ1) is 16.7. The van der Waals surface area contributed by atoms with Crippen LogP contribution in [0, 0.1) is 5.92 Å². The van der Waals surface area contributed by atoms with Gasteiger partial charge in [0.1, 0.15) is 0 Å². The third-order valence-corrected chi connectivity index (χ3v) is 3.95. The number of carbonyl (C=O) groups excluding carboxylic acids is 1. The summed E-state index contributed by atoms with van der Waals surface area (Å²) in [6.07, 6.45) is 2.36. The first-order valence-corrected chi connectivity index (χ1v) is 7.40. The average Bonchev–Trinajstić information content (AvgIpc) is 2.46. The molecule has 0 radical (unpaired) electrons. The van der Waals surface area contributed by atoms with Gasteiger partial charge in [0.05, 0.1) is 7.11 Å². The fourth-order valence-electron chi connectivity index (χ4n) is 2.33. The summed E-state index contributed by atoms with van der Waals surface area (Å²) in [6, 6.07) is 8.51. The maximum atomic E-state index is 11.2. The number of ether oxygens (including phenoxy) is 1. The van der Waals surface area contributed by atoms with Gasteiger partial charge in [0.25, 0.3) is 0 Å². The van der Waals surface area contributed by atoms with Crippen molar-refractivity contribution in [2.45, 2.75) is 52.0 Å². The SMILES string of the molecule is CCC(C)c1ccc(C(N)CC(C)CC(=O)OC)cc1. The van der Waals surface area contributed by atoms with Crippen LogP contribution >= 0.6 is 0 Å². The highest BCUT2D eigenvalue weighted by Crippen LogP contribution is 2.24. The van der Waals surface area contributed by atoms with E-state index in [1.807, 2.05) is 6.92 Å². The molecule has 1 rings (SSSR count). The highest BCUT2D eigenvalue weighted by Gasteiger charge is 2.15. The summed E-state index contributed by atoms with van der Waals surface area (Å²) in [5.41, 5.74) is 8.71. The quantitative estimate of drug-likeness (QED) is 0.771. The molecule has 0 bridgehead atoms. The molecule has 112 valence electrons. The second-order valence-electron chi connectivity index (χ2n) is 5.70. The van der Waals surface area contributed by atoms with Crippen LogP contribution in [-0.4, -0.2) is 13.1 Å². The van der Waals surface area contributed by atoms with Gasteiger partial charge in [-0.2, -0.15) is 0 Å². The van der Waals surface area contributed by atoms with Crippen LogP contribution in [0.1, 0.15) is 63.1 Å². The van der Waals surface area contributed by atoms with Crippen molar-refractivity contribution in [1.82, 2.24) is 0 Å². The molecule has 0 aliphatic rings. The van der Waals surface area contributed by atoms with E-state index in [0.717, 1.165) is 18.4 Å². The van der Waals surface area contributed by atoms with Gasteiger partial charge in [-0.25, -0.2) is 0 Å². The number of carbonyl (C=O) groups is 1. The Labute approximate surface area is 122 Å². The van der Waals surface area contributed by atoms with Gasteiger partial charge in [-0.1, -0.05) is 45.0 Å². The van der Waals surface area contributed by atoms with Gasteiger partial charge in [-0.15, -0.1) is 0 Å². The zero-order valence-electron chi connectivity index (χ0n) is 13.1. The van der Waals surface area contributed by atoms with E-state index in [-0.39, 0.29) is 17.9 Å². The second kappa shape index (κ2) is 8.05. The number of esters is 1. The Bertz CT molecular complexity index is 414. The zero-order valence-corrected chi connectivity index (χ0v) is 13.1. The molecule has 0 fully saturated rings. The Morgan fingerprint density at radius 2 is 1.75 bits per heavy atom. The lowest BCUT2D eigenvalue weighted by molar-refractivity contribution is -0.141. The lowest BCUT2D eigenvalue weighted by atomic mass is 9.92. The van der Waals surface area contributed by atoms with Gasteiger partial charge >= 0.3 is 5.97 Å². The van der Waals surface area contributed by atoms with E-state index < -0.39 is 0 Å². The highest BCUT2D eigenvalue weighted by atomic mass is 16.5. The molecule has 1 aromatic carbocycles. The molecule has 1 aromatic rings. The monoisotopic (exact) mass is 277 g/mol. The van der Waals surface area contributed by atoms with E-state index in [1.54, 1.807) is 0 Å². The first-order valence-electron chi connectivity index (χ1n) is 7.40. The highest BCUT2D eigenvalue weighted by molar-refractivity contribution is 5.69. The van der Waals surface area contributed by atoms with Gasteiger partial charge in [-0.3, -0.25) is 4.79 Å². The summed E-state index contributed by atoms with van der Waals surface area (Å²) in [7, 11) is 1.42. The number of methoxy groups -OCH3 is 1. The third kappa shape index (κ3) is 4.97.